The Morgan fingerprint density at radius 2 is 2.42 bits per heavy atom. The smallest absolute Gasteiger partial charge is 0.0986 e. The number of hydrogen-bond donors (Lipinski definition) is 0. The average Bonchev–Trinajstić information content (AvgIpc) is 2.15. The number of rotatable bonds is 3. The van der Waals surface area contributed by atoms with Gasteiger partial charge in [-0.1, -0.05) is 6.08 Å². The summed E-state index contributed by atoms with van der Waals surface area (Å²) < 4.78 is 5.54. The van der Waals surface area contributed by atoms with Crippen LogP contribution in [0.2, 0.25) is 0 Å². The molecule has 0 radical (unpaired) electrons. The van der Waals surface area contributed by atoms with Crippen LogP contribution < -0.4 is 0 Å². The van der Waals surface area contributed by atoms with Gasteiger partial charge in [-0.2, -0.15) is 11.8 Å². The third kappa shape index (κ3) is 3.10. The minimum absolute atomic E-state index is 0.397. The van der Waals surface area contributed by atoms with E-state index in [2.05, 4.69) is 18.7 Å². The van der Waals surface area contributed by atoms with Gasteiger partial charge in [0.05, 0.1) is 12.4 Å². The SMILES string of the molecule is C/C=C/OC(C)C1CCCSC1. The van der Waals surface area contributed by atoms with Gasteiger partial charge in [0.25, 0.3) is 0 Å². The van der Waals surface area contributed by atoms with Crippen LogP contribution in [0.1, 0.15) is 26.7 Å². The van der Waals surface area contributed by atoms with E-state index in [1.165, 1.54) is 24.3 Å². The third-order valence-electron chi connectivity index (χ3n) is 2.29. The zero-order chi connectivity index (χ0) is 8.81. The molecule has 0 aromatic carbocycles. The van der Waals surface area contributed by atoms with Gasteiger partial charge >= 0.3 is 0 Å². The van der Waals surface area contributed by atoms with Gasteiger partial charge < -0.3 is 4.74 Å². The van der Waals surface area contributed by atoms with E-state index in [0.717, 1.165) is 5.92 Å². The highest BCUT2D eigenvalue weighted by Gasteiger charge is 2.20. The second kappa shape index (κ2) is 5.52. The highest BCUT2D eigenvalue weighted by Crippen LogP contribution is 2.26. The zero-order valence-electron chi connectivity index (χ0n) is 7.95. The van der Waals surface area contributed by atoms with Crippen molar-refractivity contribution < 1.29 is 4.74 Å². The van der Waals surface area contributed by atoms with Gasteiger partial charge in [0, 0.05) is 5.92 Å². The number of thioether (sulfide) groups is 1. The van der Waals surface area contributed by atoms with Gasteiger partial charge in [0.15, 0.2) is 0 Å². The maximum atomic E-state index is 5.54. The van der Waals surface area contributed by atoms with Gasteiger partial charge in [-0.25, -0.2) is 0 Å². The lowest BCUT2D eigenvalue weighted by molar-refractivity contribution is 0.106. The Hall–Kier alpha value is -0.110. The fraction of sp³-hybridized carbons (Fsp3) is 0.800. The topological polar surface area (TPSA) is 9.23 Å². The van der Waals surface area contributed by atoms with Gasteiger partial charge in [0.2, 0.25) is 0 Å². The Kier molecular flexibility index (Phi) is 4.59. The van der Waals surface area contributed by atoms with Gasteiger partial charge in [-0.15, -0.1) is 0 Å². The summed E-state index contributed by atoms with van der Waals surface area (Å²) >= 11 is 2.06. The molecular weight excluding hydrogens is 168 g/mol. The van der Waals surface area contributed by atoms with E-state index in [4.69, 9.17) is 4.74 Å². The number of allylic oxidation sites excluding steroid dienone is 1. The van der Waals surface area contributed by atoms with Crippen LogP contribution in [0.5, 0.6) is 0 Å². The minimum atomic E-state index is 0.397. The van der Waals surface area contributed by atoms with Crippen molar-refractivity contribution in [2.24, 2.45) is 5.92 Å². The van der Waals surface area contributed by atoms with Crippen molar-refractivity contribution in [1.82, 2.24) is 0 Å². The van der Waals surface area contributed by atoms with Crippen molar-refractivity contribution in [3.8, 4) is 0 Å². The van der Waals surface area contributed by atoms with E-state index < -0.39 is 0 Å². The zero-order valence-corrected chi connectivity index (χ0v) is 8.77. The predicted molar refractivity (Wildman–Crippen MR) is 55.4 cm³/mol. The molecule has 1 aliphatic heterocycles. The van der Waals surface area contributed by atoms with Crippen molar-refractivity contribution >= 4 is 11.8 Å². The Balaban J connectivity index is 2.24. The molecule has 1 heterocycles. The highest BCUT2D eigenvalue weighted by atomic mass is 32.2. The normalized spacial score (nSPS) is 27.3. The summed E-state index contributed by atoms with van der Waals surface area (Å²) in [6.45, 7) is 4.17. The fourth-order valence-electron chi connectivity index (χ4n) is 1.45. The molecular formula is C10H18OS. The first-order chi connectivity index (χ1) is 5.84. The first-order valence-corrected chi connectivity index (χ1v) is 5.84. The van der Waals surface area contributed by atoms with Crippen molar-refractivity contribution in [2.75, 3.05) is 11.5 Å². The lowest BCUT2D eigenvalue weighted by Crippen LogP contribution is -2.24. The van der Waals surface area contributed by atoms with E-state index in [0.29, 0.717) is 6.10 Å². The van der Waals surface area contributed by atoms with Crippen LogP contribution >= 0.6 is 11.8 Å². The summed E-state index contributed by atoms with van der Waals surface area (Å²) in [5.74, 6) is 3.38. The molecule has 12 heavy (non-hydrogen) atoms. The lowest BCUT2D eigenvalue weighted by atomic mass is 10.00. The summed E-state index contributed by atoms with van der Waals surface area (Å²) in [7, 11) is 0. The van der Waals surface area contributed by atoms with Crippen LogP contribution in [0.3, 0.4) is 0 Å². The standard InChI is InChI=1S/C10H18OS/c1-3-6-11-9(2)10-5-4-7-12-8-10/h3,6,9-10H,4-5,7-8H2,1-2H3/b6-3+. The summed E-state index contributed by atoms with van der Waals surface area (Å²) in [6, 6.07) is 0. The molecule has 0 bridgehead atoms. The van der Waals surface area contributed by atoms with E-state index in [1.807, 2.05) is 19.3 Å². The molecule has 70 valence electrons. The average molecular weight is 186 g/mol. The second-order valence-corrected chi connectivity index (χ2v) is 4.44. The molecule has 0 spiro atoms. The molecule has 2 atom stereocenters. The summed E-state index contributed by atoms with van der Waals surface area (Å²) in [6.07, 6.45) is 6.86. The molecule has 0 aromatic rings. The predicted octanol–water partition coefficient (Wildman–Crippen LogP) is 3.07. The molecule has 0 amide bonds. The Morgan fingerprint density at radius 3 is 3.00 bits per heavy atom. The van der Waals surface area contributed by atoms with Crippen molar-refractivity contribution in [3.63, 3.8) is 0 Å². The van der Waals surface area contributed by atoms with Gasteiger partial charge in [-0.3, -0.25) is 0 Å². The quantitative estimate of drug-likeness (QED) is 0.626. The van der Waals surface area contributed by atoms with Crippen LogP contribution in [0.25, 0.3) is 0 Å². The molecule has 0 aromatic heterocycles. The van der Waals surface area contributed by atoms with Crippen molar-refractivity contribution in [3.05, 3.63) is 12.3 Å². The highest BCUT2D eigenvalue weighted by molar-refractivity contribution is 7.99. The molecule has 0 aliphatic carbocycles. The summed E-state index contributed by atoms with van der Waals surface area (Å²) in [5, 5.41) is 0. The molecule has 0 N–H and O–H groups in total. The van der Waals surface area contributed by atoms with E-state index in [-0.39, 0.29) is 0 Å². The minimum Gasteiger partial charge on any atom is -0.498 e. The Labute approximate surface area is 79.6 Å². The Morgan fingerprint density at radius 1 is 1.58 bits per heavy atom. The van der Waals surface area contributed by atoms with Crippen LogP contribution in [0, 0.1) is 5.92 Å². The number of ether oxygens (including phenoxy) is 1. The van der Waals surface area contributed by atoms with E-state index in [9.17, 15) is 0 Å². The fourth-order valence-corrected chi connectivity index (χ4v) is 2.73. The maximum Gasteiger partial charge on any atom is 0.0986 e. The van der Waals surface area contributed by atoms with Gasteiger partial charge in [-0.05, 0) is 38.2 Å². The largest absolute Gasteiger partial charge is 0.498 e. The molecule has 1 nitrogen and oxygen atoms in total. The van der Waals surface area contributed by atoms with Crippen molar-refractivity contribution in [2.45, 2.75) is 32.8 Å². The molecule has 2 heteroatoms. The first-order valence-electron chi connectivity index (χ1n) is 4.69. The summed E-state index contributed by atoms with van der Waals surface area (Å²) in [4.78, 5) is 0. The molecule has 0 saturated carbocycles. The van der Waals surface area contributed by atoms with E-state index >= 15 is 0 Å². The monoisotopic (exact) mass is 186 g/mol. The third-order valence-corrected chi connectivity index (χ3v) is 3.53. The van der Waals surface area contributed by atoms with Gasteiger partial charge in [0.1, 0.15) is 0 Å². The number of hydrogen-bond acceptors (Lipinski definition) is 2. The Bertz CT molecular complexity index is 139. The van der Waals surface area contributed by atoms with Crippen LogP contribution in [0.15, 0.2) is 12.3 Å². The molecule has 2 unspecified atom stereocenters. The summed E-state index contributed by atoms with van der Waals surface area (Å²) in [5.41, 5.74) is 0. The molecule has 1 rings (SSSR count). The molecule has 1 aliphatic rings. The lowest BCUT2D eigenvalue weighted by Gasteiger charge is -2.26. The van der Waals surface area contributed by atoms with Crippen LogP contribution in [-0.4, -0.2) is 17.6 Å². The second-order valence-electron chi connectivity index (χ2n) is 3.29. The van der Waals surface area contributed by atoms with E-state index in [1.54, 1.807) is 0 Å². The maximum absolute atomic E-state index is 5.54. The first kappa shape index (κ1) is 9.97. The van der Waals surface area contributed by atoms with Crippen LogP contribution in [0.4, 0.5) is 0 Å². The molecule has 1 fully saturated rings. The molecule has 1 saturated heterocycles. The van der Waals surface area contributed by atoms with Crippen LogP contribution in [-0.2, 0) is 4.74 Å². The van der Waals surface area contributed by atoms with Crippen molar-refractivity contribution in [1.29, 1.82) is 0 Å².